The van der Waals surface area contributed by atoms with Crippen molar-refractivity contribution in [1.29, 1.82) is 0 Å². The zero-order valence-electron chi connectivity index (χ0n) is 20.0. The van der Waals surface area contributed by atoms with Crippen molar-refractivity contribution in [2.75, 3.05) is 20.2 Å². The number of likely N-dealkylation sites (tertiary alicyclic amines) is 1. The molecule has 2 aromatic rings. The number of carbonyl (C=O) groups is 3. The lowest BCUT2D eigenvalue weighted by atomic mass is 9.66. The first-order valence-electron chi connectivity index (χ1n) is 12.3. The lowest BCUT2D eigenvalue weighted by molar-refractivity contribution is -0.140. The van der Waals surface area contributed by atoms with Crippen molar-refractivity contribution in [2.45, 2.75) is 55.3 Å². The van der Waals surface area contributed by atoms with E-state index in [1.165, 1.54) is 0 Å². The number of carbonyl (C=O) groups excluding carboxylic acids is 3. The summed E-state index contributed by atoms with van der Waals surface area (Å²) in [6, 6.07) is 6.88. The molecular weight excluding hydrogens is 468 g/mol. The molecule has 1 spiro atoms. The van der Waals surface area contributed by atoms with Crippen molar-refractivity contribution in [3.63, 3.8) is 0 Å². The van der Waals surface area contributed by atoms with Crippen LogP contribution >= 0.6 is 11.8 Å². The minimum atomic E-state index is -0.663. The second kappa shape index (κ2) is 9.42. The second-order valence-corrected chi connectivity index (χ2v) is 11.3. The van der Waals surface area contributed by atoms with E-state index in [1.807, 2.05) is 24.3 Å². The number of thioether (sulfide) groups is 1. The number of aliphatic hydroxyl groups is 1. The summed E-state index contributed by atoms with van der Waals surface area (Å²) in [4.78, 5) is 42.2. The second-order valence-electron chi connectivity index (χ2n) is 9.76. The average molecular weight is 501 g/mol. The van der Waals surface area contributed by atoms with Gasteiger partial charge in [0.25, 0.3) is 0 Å². The maximum absolute atomic E-state index is 13.8. The number of hydrogen-bond donors (Lipinski definition) is 3. The van der Waals surface area contributed by atoms with E-state index >= 15 is 0 Å². The van der Waals surface area contributed by atoms with Crippen LogP contribution < -0.4 is 10.6 Å². The maximum Gasteiger partial charge on any atom is 0.245 e. The Morgan fingerprint density at radius 1 is 1.23 bits per heavy atom. The predicted octanol–water partition coefficient (Wildman–Crippen LogP) is 0.751. The number of aliphatic hydroxyl groups excluding tert-OH is 1. The van der Waals surface area contributed by atoms with E-state index in [0.29, 0.717) is 19.4 Å². The van der Waals surface area contributed by atoms with E-state index in [1.54, 1.807) is 28.4 Å². The Bertz CT molecular complexity index is 1140. The highest BCUT2D eigenvalue weighted by Crippen LogP contribution is 2.68. The zero-order valence-corrected chi connectivity index (χ0v) is 20.8. The van der Waals surface area contributed by atoms with Gasteiger partial charge in [-0.3, -0.25) is 14.4 Å². The van der Waals surface area contributed by atoms with Crippen LogP contribution in [0.25, 0.3) is 11.0 Å². The highest BCUT2D eigenvalue weighted by atomic mass is 32.2. The Morgan fingerprint density at radius 2 is 2.03 bits per heavy atom. The minimum absolute atomic E-state index is 0.0324. The summed E-state index contributed by atoms with van der Waals surface area (Å²) >= 11 is 1.66. The molecule has 2 bridgehead atoms. The first-order valence-corrected chi connectivity index (χ1v) is 13.2. The molecule has 5 rings (SSSR count). The van der Waals surface area contributed by atoms with Gasteiger partial charge in [-0.2, -0.15) is 0 Å². The summed E-state index contributed by atoms with van der Waals surface area (Å²) in [5.74, 6) is -1.26. The van der Waals surface area contributed by atoms with Crippen LogP contribution in [0.3, 0.4) is 0 Å². The molecule has 3 aliphatic heterocycles. The van der Waals surface area contributed by atoms with Crippen LogP contribution in [0.2, 0.25) is 0 Å². The average Bonchev–Trinajstić information content (AvgIpc) is 3.57. The highest BCUT2D eigenvalue weighted by Gasteiger charge is 2.75. The number of rotatable bonds is 9. The fraction of sp³-hybridized carbons (Fsp3) is 0.625. The molecule has 188 valence electrons. The standard InChI is InChI=1S/C24H32N6O4S/c1-14-12-17-18(21(32)25-2)19-23(34)29(10-6-3-7-11-31)20(24(14,19)35-17)22(33)26-13-30-16-9-5-4-8-15(16)27-28-30/h4-5,8-9,14,17-20,31H,3,6-7,10-13H2,1-2H3,(H,25,32)(H,26,33)/t14?,17-,18+,19+,20?,24?/m1/s1. The van der Waals surface area contributed by atoms with Crippen LogP contribution in [0.15, 0.2) is 24.3 Å². The first kappa shape index (κ1) is 24.1. The van der Waals surface area contributed by atoms with Gasteiger partial charge in [-0.05, 0) is 43.7 Å². The summed E-state index contributed by atoms with van der Waals surface area (Å²) in [6.45, 7) is 2.78. The molecule has 11 heteroatoms. The van der Waals surface area contributed by atoms with Gasteiger partial charge in [0.1, 0.15) is 18.2 Å². The van der Waals surface area contributed by atoms with Gasteiger partial charge in [-0.1, -0.05) is 24.3 Å². The molecule has 3 unspecified atom stereocenters. The van der Waals surface area contributed by atoms with Gasteiger partial charge in [-0.25, -0.2) is 4.68 Å². The topological polar surface area (TPSA) is 129 Å². The molecule has 35 heavy (non-hydrogen) atoms. The quantitative estimate of drug-likeness (QED) is 0.433. The number of nitrogens with one attached hydrogen (secondary N) is 2. The first-order chi connectivity index (χ1) is 16.9. The van der Waals surface area contributed by atoms with Gasteiger partial charge in [-0.15, -0.1) is 16.9 Å². The van der Waals surface area contributed by atoms with Crippen molar-refractivity contribution >= 4 is 40.5 Å². The SMILES string of the molecule is CNC(=O)[C@@H]1[C@H]2C(=O)N(CCCCCO)C(C(=O)NCn3nnc4ccccc43)C23S[C@@H]1CC3C. The Morgan fingerprint density at radius 3 is 2.80 bits per heavy atom. The fourth-order valence-electron chi connectivity index (χ4n) is 6.38. The minimum Gasteiger partial charge on any atom is -0.396 e. The van der Waals surface area contributed by atoms with Gasteiger partial charge in [0.15, 0.2) is 0 Å². The third-order valence-corrected chi connectivity index (χ3v) is 10.00. The smallest absolute Gasteiger partial charge is 0.245 e. The van der Waals surface area contributed by atoms with Gasteiger partial charge in [0.2, 0.25) is 17.7 Å². The van der Waals surface area contributed by atoms with Crippen molar-refractivity contribution in [3.05, 3.63) is 24.3 Å². The molecule has 3 amide bonds. The van der Waals surface area contributed by atoms with E-state index < -0.39 is 22.6 Å². The molecule has 1 aromatic heterocycles. The Labute approximate surface area is 208 Å². The Hall–Kier alpha value is -2.66. The van der Waals surface area contributed by atoms with Gasteiger partial charge >= 0.3 is 0 Å². The molecule has 0 saturated carbocycles. The monoisotopic (exact) mass is 500 g/mol. The summed E-state index contributed by atoms with van der Waals surface area (Å²) in [5.41, 5.74) is 1.56. The third kappa shape index (κ3) is 3.70. The van der Waals surface area contributed by atoms with Crippen LogP contribution in [0, 0.1) is 17.8 Å². The van der Waals surface area contributed by atoms with E-state index in [0.717, 1.165) is 23.9 Å². The third-order valence-electron chi connectivity index (χ3n) is 7.92. The largest absolute Gasteiger partial charge is 0.396 e. The van der Waals surface area contributed by atoms with Crippen LogP contribution in [-0.2, 0) is 21.1 Å². The number of para-hydroxylation sites is 1. The molecule has 1 aromatic carbocycles. The molecule has 10 nitrogen and oxygen atoms in total. The number of hydrogen-bond acceptors (Lipinski definition) is 7. The number of benzene rings is 1. The lowest BCUT2D eigenvalue weighted by Crippen LogP contribution is -2.56. The highest BCUT2D eigenvalue weighted by molar-refractivity contribution is 8.02. The van der Waals surface area contributed by atoms with Gasteiger partial charge in [0, 0.05) is 25.4 Å². The lowest BCUT2D eigenvalue weighted by Gasteiger charge is -2.38. The molecule has 3 aliphatic rings. The molecular formula is C24H32N6O4S. The molecule has 6 atom stereocenters. The zero-order chi connectivity index (χ0) is 24.7. The van der Waals surface area contributed by atoms with Gasteiger partial charge in [0.05, 0.1) is 22.1 Å². The number of aromatic nitrogens is 3. The fourth-order valence-corrected chi connectivity index (χ4v) is 8.80. The molecule has 0 radical (unpaired) electrons. The number of fused-ring (bicyclic) bond motifs is 2. The number of unbranched alkanes of at least 4 members (excludes halogenated alkanes) is 2. The van der Waals surface area contributed by atoms with Crippen molar-refractivity contribution in [3.8, 4) is 0 Å². The summed E-state index contributed by atoms with van der Waals surface area (Å²) in [5, 5.41) is 23.3. The molecule has 3 saturated heterocycles. The molecule has 3 N–H and O–H groups in total. The van der Waals surface area contributed by atoms with Crippen LogP contribution in [0.5, 0.6) is 0 Å². The van der Waals surface area contributed by atoms with E-state index in [4.69, 9.17) is 5.11 Å². The normalized spacial score (nSPS) is 31.2. The summed E-state index contributed by atoms with van der Waals surface area (Å²) < 4.78 is 1.01. The predicted molar refractivity (Wildman–Crippen MR) is 131 cm³/mol. The van der Waals surface area contributed by atoms with Crippen LogP contribution in [-0.4, -0.2) is 79.0 Å². The van der Waals surface area contributed by atoms with Gasteiger partial charge < -0.3 is 20.6 Å². The maximum atomic E-state index is 13.8. The summed E-state index contributed by atoms with van der Waals surface area (Å²) in [6.07, 6.45) is 2.92. The van der Waals surface area contributed by atoms with E-state index in [-0.39, 0.29) is 42.2 Å². The summed E-state index contributed by atoms with van der Waals surface area (Å²) in [7, 11) is 1.60. The van der Waals surface area contributed by atoms with E-state index in [9.17, 15) is 14.4 Å². The number of nitrogens with zero attached hydrogens (tertiary/aromatic N) is 4. The molecule has 4 heterocycles. The van der Waals surface area contributed by atoms with E-state index in [2.05, 4.69) is 27.9 Å². The van der Waals surface area contributed by atoms with Crippen molar-refractivity contribution in [1.82, 2.24) is 30.5 Å². The van der Waals surface area contributed by atoms with Crippen molar-refractivity contribution in [2.24, 2.45) is 17.8 Å². The molecule has 0 aliphatic carbocycles. The van der Waals surface area contributed by atoms with Crippen LogP contribution in [0.4, 0.5) is 0 Å². The molecule has 3 fully saturated rings. The van der Waals surface area contributed by atoms with Crippen molar-refractivity contribution < 1.29 is 19.5 Å². The Kier molecular flexibility index (Phi) is 6.47. The van der Waals surface area contributed by atoms with Crippen LogP contribution in [0.1, 0.15) is 32.6 Å². The number of amides is 3. The Balaban J connectivity index is 1.44.